The molecule has 56 heavy (non-hydrogen) atoms. The van der Waals surface area contributed by atoms with Gasteiger partial charge in [0, 0.05) is 49.5 Å². The van der Waals surface area contributed by atoms with Crippen LogP contribution in [0.2, 0.25) is 0 Å². The van der Waals surface area contributed by atoms with Gasteiger partial charge in [0.15, 0.2) is 0 Å². The van der Waals surface area contributed by atoms with Crippen molar-refractivity contribution in [1.82, 2.24) is 19.6 Å². The fourth-order valence-electron chi connectivity index (χ4n) is 8.59. The molecule has 2 aliphatic heterocycles. The van der Waals surface area contributed by atoms with E-state index in [2.05, 4.69) is 55.2 Å². The third-order valence-corrected chi connectivity index (χ3v) is 12.9. The van der Waals surface area contributed by atoms with Gasteiger partial charge in [-0.15, -0.1) is 0 Å². The Labute approximate surface area is 326 Å². The number of carbonyl (C=O) groups is 1. The minimum atomic E-state index is -4.52. The second-order valence-electron chi connectivity index (χ2n) is 15.1. The molecular formula is C42H46N6O7S. The zero-order valence-corrected chi connectivity index (χ0v) is 31.9. The highest BCUT2D eigenvalue weighted by Crippen LogP contribution is 2.42. The normalized spacial score (nSPS) is 20.8. The van der Waals surface area contributed by atoms with E-state index in [9.17, 15) is 23.3 Å². The van der Waals surface area contributed by atoms with Crippen molar-refractivity contribution in [3.63, 3.8) is 0 Å². The van der Waals surface area contributed by atoms with E-state index in [1.54, 1.807) is 24.5 Å². The summed E-state index contributed by atoms with van der Waals surface area (Å²) < 4.78 is 41.1. The van der Waals surface area contributed by atoms with E-state index in [0.29, 0.717) is 43.2 Å². The summed E-state index contributed by atoms with van der Waals surface area (Å²) in [5.41, 5.74) is 2.88. The van der Waals surface area contributed by atoms with Crippen LogP contribution >= 0.6 is 0 Å². The molecule has 1 saturated carbocycles. The van der Waals surface area contributed by atoms with Crippen molar-refractivity contribution in [1.29, 1.82) is 0 Å². The van der Waals surface area contributed by atoms with Crippen LogP contribution in [0.1, 0.15) is 84.8 Å². The van der Waals surface area contributed by atoms with Gasteiger partial charge in [-0.25, -0.2) is 18.1 Å². The highest BCUT2D eigenvalue weighted by molar-refractivity contribution is 7.90. The molecule has 0 unspecified atom stereocenters. The summed E-state index contributed by atoms with van der Waals surface area (Å²) in [4.78, 5) is 35.0. The Bertz CT molecular complexity index is 2300. The number of rotatable bonds is 12. The van der Waals surface area contributed by atoms with Crippen molar-refractivity contribution >= 4 is 38.3 Å². The van der Waals surface area contributed by atoms with Gasteiger partial charge in [-0.05, 0) is 117 Å². The first kappa shape index (κ1) is 37.6. The molecule has 3 aromatic carbocycles. The van der Waals surface area contributed by atoms with Crippen LogP contribution in [0.3, 0.4) is 0 Å². The predicted molar refractivity (Wildman–Crippen MR) is 213 cm³/mol. The predicted octanol–water partition coefficient (Wildman–Crippen LogP) is 8.08. The van der Waals surface area contributed by atoms with Crippen LogP contribution in [-0.2, 0) is 14.8 Å². The zero-order valence-electron chi connectivity index (χ0n) is 31.1. The lowest BCUT2D eigenvalue weighted by molar-refractivity contribution is -0.384. The maximum absolute atomic E-state index is 13.9. The van der Waals surface area contributed by atoms with E-state index >= 15 is 0 Å². The number of aromatic amines is 1. The quantitative estimate of drug-likeness (QED) is 0.0832. The molecule has 0 spiro atoms. The first-order chi connectivity index (χ1) is 27.2. The van der Waals surface area contributed by atoms with E-state index < -0.39 is 31.4 Å². The summed E-state index contributed by atoms with van der Waals surface area (Å²) in [6.45, 7) is 2.86. The van der Waals surface area contributed by atoms with Crippen molar-refractivity contribution in [2.75, 3.05) is 31.6 Å². The molecule has 3 N–H and O–H groups in total. The molecule has 292 valence electrons. The molecule has 1 aliphatic carbocycles. The summed E-state index contributed by atoms with van der Waals surface area (Å²) >= 11 is 0. The number of likely N-dealkylation sites (tertiary alicyclic amines) is 1. The minimum absolute atomic E-state index is 0.00666. The molecule has 5 aromatic rings. The number of nitro groups is 1. The van der Waals surface area contributed by atoms with Gasteiger partial charge >= 0.3 is 0 Å². The monoisotopic (exact) mass is 778 g/mol. The number of pyridine rings is 1. The van der Waals surface area contributed by atoms with Crippen molar-refractivity contribution in [3.8, 4) is 11.5 Å². The van der Waals surface area contributed by atoms with Crippen LogP contribution in [0.25, 0.3) is 11.0 Å². The maximum atomic E-state index is 13.9. The van der Waals surface area contributed by atoms with Gasteiger partial charge in [0.25, 0.3) is 21.6 Å². The molecule has 8 rings (SSSR count). The highest BCUT2D eigenvalue weighted by atomic mass is 32.2. The first-order valence-corrected chi connectivity index (χ1v) is 20.9. The van der Waals surface area contributed by atoms with Gasteiger partial charge in [0.1, 0.15) is 22.8 Å². The SMILES string of the molecule is O=C(NS(=O)(=O)c1ccc(NCC2CCOCC2)c([N+](=O)[O-])c1)c1ccc(C2CCC(N3CCC[C@H]3c3ccccc3)CC2)cc1Oc1cnc2[nH]ccc2c1. The average Bonchev–Trinajstić information content (AvgIpc) is 3.91. The van der Waals surface area contributed by atoms with Crippen LogP contribution in [0.4, 0.5) is 11.4 Å². The van der Waals surface area contributed by atoms with Gasteiger partial charge in [0.05, 0.1) is 21.6 Å². The zero-order chi connectivity index (χ0) is 38.6. The number of nitrogens with one attached hydrogen (secondary N) is 3. The summed E-state index contributed by atoms with van der Waals surface area (Å²) in [5.74, 6) is 0.173. The topological polar surface area (TPSA) is 169 Å². The van der Waals surface area contributed by atoms with Gasteiger partial charge in [-0.3, -0.25) is 19.8 Å². The molecule has 1 atom stereocenters. The lowest BCUT2D eigenvalue weighted by Crippen LogP contribution is -2.37. The average molecular weight is 779 g/mol. The molecular weight excluding hydrogens is 733 g/mol. The number of ether oxygens (including phenoxy) is 2. The standard InChI is InChI=1S/C42H46N6O7S/c49-42(46-56(52,53)35-13-15-37(39(25-35)48(50)51)44-26-28-17-21-54-22-18-28)36-14-10-31(24-40(36)55-34-23-32-16-19-43-41(32)45-27-34)29-8-11-33(12-9-29)47-20-4-7-38(47)30-5-2-1-3-6-30/h1-3,5-6,10,13-16,19,23-25,27-29,33,38,44H,4,7-9,11-12,17-18,20-22,26H2,(H,43,45)(H,46,49)/t29?,33?,38-/m0/s1. The molecule has 3 fully saturated rings. The van der Waals surface area contributed by atoms with E-state index in [1.807, 2.05) is 18.2 Å². The molecule has 4 heterocycles. The number of benzene rings is 3. The fraction of sp³-hybridized carbons (Fsp3) is 0.381. The van der Waals surface area contributed by atoms with Crippen LogP contribution in [-0.4, -0.2) is 66.5 Å². The van der Waals surface area contributed by atoms with E-state index in [-0.39, 0.29) is 28.8 Å². The Kier molecular flexibility index (Phi) is 11.0. The van der Waals surface area contributed by atoms with Gasteiger partial charge in [-0.2, -0.15) is 0 Å². The maximum Gasteiger partial charge on any atom is 0.293 e. The molecule has 2 saturated heterocycles. The number of fused-ring (bicyclic) bond motifs is 1. The van der Waals surface area contributed by atoms with Gasteiger partial charge in [-0.1, -0.05) is 36.4 Å². The third kappa shape index (κ3) is 8.27. The lowest BCUT2D eigenvalue weighted by Gasteiger charge is -2.38. The van der Waals surface area contributed by atoms with Gasteiger partial charge in [0.2, 0.25) is 0 Å². The number of sulfonamides is 1. The smallest absolute Gasteiger partial charge is 0.293 e. The number of H-pyrrole nitrogens is 1. The molecule has 2 aromatic heterocycles. The summed E-state index contributed by atoms with van der Waals surface area (Å²) in [7, 11) is -4.52. The van der Waals surface area contributed by atoms with Crippen LogP contribution in [0.15, 0.2) is 96.2 Å². The lowest BCUT2D eigenvalue weighted by atomic mass is 9.80. The molecule has 0 bridgehead atoms. The molecule has 1 amide bonds. The number of hydrogen-bond donors (Lipinski definition) is 3. The first-order valence-electron chi connectivity index (χ1n) is 19.4. The number of aromatic nitrogens is 2. The largest absolute Gasteiger partial charge is 0.455 e. The summed E-state index contributed by atoms with van der Waals surface area (Å²) in [6.07, 6.45) is 11.4. The fourth-order valence-corrected chi connectivity index (χ4v) is 9.57. The Morgan fingerprint density at radius 1 is 0.946 bits per heavy atom. The minimum Gasteiger partial charge on any atom is -0.455 e. The number of anilines is 1. The number of nitrogens with zero attached hydrogens (tertiary/aromatic N) is 3. The van der Waals surface area contributed by atoms with Crippen molar-refractivity contribution in [2.24, 2.45) is 5.92 Å². The highest BCUT2D eigenvalue weighted by Gasteiger charge is 2.35. The number of hydrogen-bond acceptors (Lipinski definition) is 10. The van der Waals surface area contributed by atoms with Crippen molar-refractivity contribution in [3.05, 3.63) is 118 Å². The van der Waals surface area contributed by atoms with Crippen LogP contribution < -0.4 is 14.8 Å². The Morgan fingerprint density at radius 3 is 2.54 bits per heavy atom. The van der Waals surface area contributed by atoms with Gasteiger partial charge < -0.3 is 19.8 Å². The summed E-state index contributed by atoms with van der Waals surface area (Å²) in [6, 6.07) is 24.3. The number of nitro benzene ring substituents is 1. The molecule has 0 radical (unpaired) electrons. The molecule has 3 aliphatic rings. The summed E-state index contributed by atoms with van der Waals surface area (Å²) in [5, 5.41) is 16.0. The van der Waals surface area contributed by atoms with E-state index in [4.69, 9.17) is 9.47 Å². The Balaban J connectivity index is 1.01. The number of amides is 1. The molecule has 13 nitrogen and oxygen atoms in total. The van der Waals surface area contributed by atoms with E-state index in [0.717, 1.165) is 62.1 Å². The van der Waals surface area contributed by atoms with Crippen molar-refractivity contribution < 1.29 is 27.6 Å². The Morgan fingerprint density at radius 2 is 1.75 bits per heavy atom. The van der Waals surface area contributed by atoms with Crippen molar-refractivity contribution in [2.45, 2.75) is 74.3 Å². The molecule has 14 heteroatoms. The second kappa shape index (κ2) is 16.4. The third-order valence-electron chi connectivity index (χ3n) is 11.6. The van der Waals surface area contributed by atoms with Crippen LogP contribution in [0, 0.1) is 16.0 Å². The van der Waals surface area contributed by atoms with E-state index in [1.165, 1.54) is 30.5 Å². The number of carbonyl (C=O) groups excluding carboxylic acids is 1. The Hall–Kier alpha value is -5.31. The van der Waals surface area contributed by atoms with Crippen LogP contribution in [0.5, 0.6) is 11.5 Å². The second-order valence-corrected chi connectivity index (χ2v) is 16.7.